The Morgan fingerprint density at radius 3 is 2.57 bits per heavy atom. The Hall–Kier alpha value is -2.19. The number of carbonyl (C=O) groups is 1. The SMILES string of the molecule is Cc1cc(C)c(-c2csc(NC(=O)CSc3nnc(C4CC4)n3C3CC3)n2)c(C)c1. The molecule has 2 saturated carbocycles. The number of aryl methyl sites for hydroxylation is 3. The van der Waals surface area contributed by atoms with Gasteiger partial charge < -0.3 is 9.88 Å². The van der Waals surface area contributed by atoms with E-state index in [1.807, 2.05) is 5.38 Å². The topological polar surface area (TPSA) is 72.7 Å². The van der Waals surface area contributed by atoms with Gasteiger partial charge in [-0.3, -0.25) is 4.79 Å². The third-order valence-corrected chi connectivity index (χ3v) is 7.26. The molecule has 0 aliphatic heterocycles. The number of hydrogen-bond acceptors (Lipinski definition) is 6. The molecule has 5 rings (SSSR count). The molecule has 3 aromatic rings. The van der Waals surface area contributed by atoms with Gasteiger partial charge in [-0.2, -0.15) is 0 Å². The third-order valence-electron chi connectivity index (χ3n) is 5.56. The lowest BCUT2D eigenvalue weighted by molar-refractivity contribution is -0.113. The number of nitrogens with one attached hydrogen (secondary N) is 1. The summed E-state index contributed by atoms with van der Waals surface area (Å²) in [6.45, 7) is 6.32. The molecule has 30 heavy (non-hydrogen) atoms. The Balaban J connectivity index is 1.24. The van der Waals surface area contributed by atoms with E-state index >= 15 is 0 Å². The van der Waals surface area contributed by atoms with Gasteiger partial charge in [0, 0.05) is 22.9 Å². The van der Waals surface area contributed by atoms with Crippen molar-refractivity contribution in [1.29, 1.82) is 0 Å². The van der Waals surface area contributed by atoms with Crippen LogP contribution in [0.2, 0.25) is 0 Å². The maximum Gasteiger partial charge on any atom is 0.236 e. The molecule has 1 N–H and O–H groups in total. The molecule has 0 unspecified atom stereocenters. The highest BCUT2D eigenvalue weighted by atomic mass is 32.2. The van der Waals surface area contributed by atoms with Crippen molar-refractivity contribution in [2.24, 2.45) is 0 Å². The van der Waals surface area contributed by atoms with Gasteiger partial charge in [-0.05, 0) is 57.6 Å². The van der Waals surface area contributed by atoms with Crippen LogP contribution in [0.25, 0.3) is 11.3 Å². The highest BCUT2D eigenvalue weighted by Gasteiger charge is 2.36. The van der Waals surface area contributed by atoms with Crippen molar-refractivity contribution in [2.45, 2.75) is 63.6 Å². The van der Waals surface area contributed by atoms with E-state index in [2.05, 4.69) is 58.0 Å². The Labute approximate surface area is 184 Å². The Kier molecular flexibility index (Phi) is 5.14. The average Bonchev–Trinajstić information content (AvgIpc) is 3.62. The molecular weight excluding hydrogens is 414 g/mol. The van der Waals surface area contributed by atoms with Crippen molar-refractivity contribution in [3.8, 4) is 11.3 Å². The molecule has 2 aromatic heterocycles. The zero-order valence-corrected chi connectivity index (χ0v) is 19.1. The molecule has 2 heterocycles. The first kappa shape index (κ1) is 19.8. The van der Waals surface area contributed by atoms with Crippen LogP contribution in [0.5, 0.6) is 0 Å². The van der Waals surface area contributed by atoms with Crippen LogP contribution in [-0.4, -0.2) is 31.4 Å². The summed E-state index contributed by atoms with van der Waals surface area (Å²) in [5.41, 5.74) is 5.73. The van der Waals surface area contributed by atoms with Gasteiger partial charge in [0.1, 0.15) is 5.82 Å². The highest BCUT2D eigenvalue weighted by molar-refractivity contribution is 7.99. The molecule has 1 aromatic carbocycles. The van der Waals surface area contributed by atoms with Crippen LogP contribution in [-0.2, 0) is 4.79 Å². The number of rotatable bonds is 7. The molecule has 156 valence electrons. The second-order valence-corrected chi connectivity index (χ2v) is 10.2. The van der Waals surface area contributed by atoms with Crippen LogP contribution in [0.1, 0.15) is 60.2 Å². The predicted octanol–water partition coefficient (Wildman–Crippen LogP) is 5.27. The number of nitrogens with zero attached hydrogens (tertiary/aromatic N) is 4. The second kappa shape index (κ2) is 7.81. The zero-order chi connectivity index (χ0) is 20.8. The minimum Gasteiger partial charge on any atom is -0.303 e. The lowest BCUT2D eigenvalue weighted by Crippen LogP contribution is -2.14. The normalized spacial score (nSPS) is 16.1. The lowest BCUT2D eigenvalue weighted by atomic mass is 9.98. The van der Waals surface area contributed by atoms with Gasteiger partial charge in [0.25, 0.3) is 0 Å². The molecule has 2 aliphatic carbocycles. The number of anilines is 1. The number of amides is 1. The molecule has 0 atom stereocenters. The molecule has 0 spiro atoms. The number of carbonyl (C=O) groups excluding carboxylic acids is 1. The van der Waals surface area contributed by atoms with Crippen LogP contribution < -0.4 is 5.32 Å². The summed E-state index contributed by atoms with van der Waals surface area (Å²) in [5.74, 6) is 1.95. The highest BCUT2D eigenvalue weighted by Crippen LogP contribution is 2.46. The Bertz CT molecular complexity index is 1090. The molecule has 0 bridgehead atoms. The molecule has 0 radical (unpaired) electrons. The quantitative estimate of drug-likeness (QED) is 0.508. The fraction of sp³-hybridized carbons (Fsp3) is 0.455. The number of benzene rings is 1. The minimum atomic E-state index is -0.0587. The van der Waals surface area contributed by atoms with Gasteiger partial charge in [-0.15, -0.1) is 21.5 Å². The largest absolute Gasteiger partial charge is 0.303 e. The smallest absolute Gasteiger partial charge is 0.236 e. The molecule has 2 aliphatic rings. The fourth-order valence-electron chi connectivity index (χ4n) is 4.00. The maximum absolute atomic E-state index is 12.5. The van der Waals surface area contributed by atoms with E-state index in [-0.39, 0.29) is 5.91 Å². The van der Waals surface area contributed by atoms with Crippen LogP contribution in [0.3, 0.4) is 0 Å². The fourth-order valence-corrected chi connectivity index (χ4v) is 5.53. The molecular formula is C22H25N5OS2. The zero-order valence-electron chi connectivity index (χ0n) is 17.4. The standard InChI is InChI=1S/C22H25N5OS2/c1-12-8-13(2)19(14(3)9-12)17-10-29-21(23-17)24-18(28)11-30-22-26-25-20(15-4-5-15)27(22)16-6-7-16/h8-10,15-16H,4-7,11H2,1-3H3,(H,23,24,28). The second-order valence-electron chi connectivity index (χ2n) is 8.36. The monoisotopic (exact) mass is 439 g/mol. The van der Waals surface area contributed by atoms with E-state index in [0.29, 0.717) is 22.8 Å². The summed E-state index contributed by atoms with van der Waals surface area (Å²) in [5, 5.41) is 15.3. The average molecular weight is 440 g/mol. The van der Waals surface area contributed by atoms with E-state index in [1.54, 1.807) is 0 Å². The van der Waals surface area contributed by atoms with Crippen LogP contribution in [0.15, 0.2) is 22.7 Å². The summed E-state index contributed by atoms with van der Waals surface area (Å²) in [6.07, 6.45) is 4.80. The van der Waals surface area contributed by atoms with Gasteiger partial charge in [0.15, 0.2) is 10.3 Å². The van der Waals surface area contributed by atoms with Crippen LogP contribution >= 0.6 is 23.1 Å². The van der Waals surface area contributed by atoms with Crippen LogP contribution in [0.4, 0.5) is 5.13 Å². The summed E-state index contributed by atoms with van der Waals surface area (Å²) < 4.78 is 2.28. The molecule has 8 heteroatoms. The van der Waals surface area contributed by atoms with Crippen molar-refractivity contribution in [2.75, 3.05) is 11.1 Å². The first-order valence-corrected chi connectivity index (χ1v) is 12.3. The van der Waals surface area contributed by atoms with Crippen molar-refractivity contribution >= 4 is 34.1 Å². The molecule has 1 amide bonds. The Morgan fingerprint density at radius 1 is 1.17 bits per heavy atom. The van der Waals surface area contributed by atoms with E-state index < -0.39 is 0 Å². The van der Waals surface area contributed by atoms with Gasteiger partial charge >= 0.3 is 0 Å². The van der Waals surface area contributed by atoms with Crippen molar-refractivity contribution in [3.63, 3.8) is 0 Å². The van der Waals surface area contributed by atoms with Gasteiger partial charge in [0.05, 0.1) is 11.4 Å². The number of thioether (sulfide) groups is 1. The van der Waals surface area contributed by atoms with Crippen LogP contribution in [0, 0.1) is 20.8 Å². The first-order valence-electron chi connectivity index (χ1n) is 10.4. The van der Waals surface area contributed by atoms with Gasteiger partial charge in [-0.25, -0.2) is 4.98 Å². The molecule has 6 nitrogen and oxygen atoms in total. The van der Waals surface area contributed by atoms with E-state index in [1.165, 1.54) is 65.5 Å². The summed E-state index contributed by atoms with van der Waals surface area (Å²) in [6, 6.07) is 4.87. The van der Waals surface area contributed by atoms with E-state index in [4.69, 9.17) is 0 Å². The summed E-state index contributed by atoms with van der Waals surface area (Å²) >= 11 is 2.94. The van der Waals surface area contributed by atoms with Crippen molar-refractivity contribution in [1.82, 2.24) is 19.7 Å². The van der Waals surface area contributed by atoms with Gasteiger partial charge in [0.2, 0.25) is 5.91 Å². The lowest BCUT2D eigenvalue weighted by Gasteiger charge is -2.09. The van der Waals surface area contributed by atoms with E-state index in [9.17, 15) is 4.79 Å². The summed E-state index contributed by atoms with van der Waals surface area (Å²) in [7, 11) is 0. The Morgan fingerprint density at radius 2 is 1.90 bits per heavy atom. The predicted molar refractivity (Wildman–Crippen MR) is 121 cm³/mol. The third kappa shape index (κ3) is 4.03. The minimum absolute atomic E-state index is 0.0587. The molecule has 2 fully saturated rings. The van der Waals surface area contributed by atoms with E-state index in [0.717, 1.165) is 22.2 Å². The van der Waals surface area contributed by atoms with Crippen molar-refractivity contribution in [3.05, 3.63) is 40.0 Å². The number of hydrogen-bond donors (Lipinski definition) is 1. The van der Waals surface area contributed by atoms with Gasteiger partial charge in [-0.1, -0.05) is 29.5 Å². The molecule has 0 saturated heterocycles. The number of thiazole rings is 1. The number of aromatic nitrogens is 4. The van der Waals surface area contributed by atoms with Crippen molar-refractivity contribution < 1.29 is 4.79 Å². The summed E-state index contributed by atoms with van der Waals surface area (Å²) in [4.78, 5) is 17.2. The maximum atomic E-state index is 12.5. The first-order chi connectivity index (χ1) is 14.5.